The van der Waals surface area contributed by atoms with Crippen molar-refractivity contribution in [3.63, 3.8) is 0 Å². The van der Waals surface area contributed by atoms with E-state index >= 15 is 0 Å². The maximum atomic E-state index is 13.5. The molecule has 3 heterocycles. The third-order valence-electron chi connectivity index (χ3n) is 5.55. The predicted octanol–water partition coefficient (Wildman–Crippen LogP) is 5.46. The normalized spacial score (nSPS) is 16.0. The van der Waals surface area contributed by atoms with E-state index in [1.807, 2.05) is 34.9 Å². The molecule has 0 saturated heterocycles. The lowest BCUT2D eigenvalue weighted by atomic mass is 10.0. The number of carbonyl (C=O) groups excluding carboxylic acids is 1. The Kier molecular flexibility index (Phi) is 5.20. The van der Waals surface area contributed by atoms with Gasteiger partial charge >= 0.3 is 6.18 Å². The number of nitrogens with zero attached hydrogens (tertiary/aromatic N) is 4. The Morgan fingerprint density at radius 3 is 2.48 bits per heavy atom. The molecule has 0 spiro atoms. The van der Waals surface area contributed by atoms with Crippen LogP contribution in [0.15, 0.2) is 71.3 Å². The second-order valence-electron chi connectivity index (χ2n) is 7.49. The summed E-state index contributed by atoms with van der Waals surface area (Å²) in [6.45, 7) is 0.549. The van der Waals surface area contributed by atoms with Crippen molar-refractivity contribution in [2.45, 2.75) is 18.8 Å². The average Bonchev–Trinajstić information content (AvgIpc) is 3.47. The van der Waals surface area contributed by atoms with Gasteiger partial charge in [0, 0.05) is 13.1 Å². The number of amides is 1. The summed E-state index contributed by atoms with van der Waals surface area (Å²) in [5, 5.41) is 7.95. The molecule has 1 aliphatic heterocycles. The van der Waals surface area contributed by atoms with Crippen LogP contribution in [0.5, 0.6) is 0 Å². The van der Waals surface area contributed by atoms with Crippen molar-refractivity contribution in [1.82, 2.24) is 19.7 Å². The van der Waals surface area contributed by atoms with E-state index in [0.717, 1.165) is 11.6 Å². The molecular weight excluding hydrogens is 457 g/mol. The molecule has 0 bridgehead atoms. The highest BCUT2D eigenvalue weighted by Crippen LogP contribution is 2.39. The van der Waals surface area contributed by atoms with E-state index < -0.39 is 28.7 Å². The van der Waals surface area contributed by atoms with Gasteiger partial charge in [0.15, 0.2) is 17.4 Å². The highest BCUT2D eigenvalue weighted by molar-refractivity contribution is 6.34. The molecule has 33 heavy (non-hydrogen) atoms. The van der Waals surface area contributed by atoms with Crippen molar-refractivity contribution in [3.8, 4) is 11.6 Å². The molecule has 5 rings (SSSR count). The number of rotatable bonds is 3. The molecule has 4 aromatic rings. The molecule has 2 aromatic carbocycles. The standard InChI is InChI=1S/C23H16ClF3N4O2/c24-18-15(8-4-9-16(18)23(25,26)27)22(32)30-11-12-31-20(17-10-5-13-33-17)28-29-21(31)19(30)14-6-2-1-3-7-14/h1-10,13,19H,11-12H2. The molecule has 6 nitrogen and oxygen atoms in total. The van der Waals surface area contributed by atoms with Gasteiger partial charge in [-0.25, -0.2) is 0 Å². The largest absolute Gasteiger partial charge is 0.461 e. The lowest BCUT2D eigenvalue weighted by Crippen LogP contribution is -2.43. The third-order valence-corrected chi connectivity index (χ3v) is 5.96. The fraction of sp³-hybridized carbons (Fsp3) is 0.174. The number of fused-ring (bicyclic) bond motifs is 1. The van der Waals surface area contributed by atoms with Crippen LogP contribution in [0.3, 0.4) is 0 Å². The number of aromatic nitrogens is 3. The van der Waals surface area contributed by atoms with E-state index in [-0.39, 0.29) is 12.1 Å². The Morgan fingerprint density at radius 2 is 1.79 bits per heavy atom. The number of hydrogen-bond acceptors (Lipinski definition) is 4. The highest BCUT2D eigenvalue weighted by Gasteiger charge is 2.39. The average molecular weight is 473 g/mol. The molecular formula is C23H16ClF3N4O2. The third kappa shape index (κ3) is 3.68. The minimum Gasteiger partial charge on any atom is -0.461 e. The van der Waals surface area contributed by atoms with Gasteiger partial charge in [0.2, 0.25) is 0 Å². The van der Waals surface area contributed by atoms with E-state index in [1.165, 1.54) is 23.3 Å². The van der Waals surface area contributed by atoms with Gasteiger partial charge in [-0.1, -0.05) is 48.0 Å². The number of alkyl halides is 3. The molecule has 1 atom stereocenters. The van der Waals surface area contributed by atoms with E-state index in [2.05, 4.69) is 10.2 Å². The quantitative estimate of drug-likeness (QED) is 0.397. The number of carbonyl (C=O) groups is 1. The van der Waals surface area contributed by atoms with Crippen LogP contribution in [-0.2, 0) is 12.7 Å². The van der Waals surface area contributed by atoms with Crippen molar-refractivity contribution < 1.29 is 22.4 Å². The lowest BCUT2D eigenvalue weighted by Gasteiger charge is -2.36. The van der Waals surface area contributed by atoms with Gasteiger partial charge in [-0.05, 0) is 29.8 Å². The second-order valence-corrected chi connectivity index (χ2v) is 7.87. The van der Waals surface area contributed by atoms with Gasteiger partial charge in [0.05, 0.1) is 22.4 Å². The van der Waals surface area contributed by atoms with Crippen LogP contribution in [0.2, 0.25) is 5.02 Å². The molecule has 0 fully saturated rings. The topological polar surface area (TPSA) is 64.2 Å². The van der Waals surface area contributed by atoms with E-state index in [9.17, 15) is 18.0 Å². The van der Waals surface area contributed by atoms with Gasteiger partial charge in [-0.2, -0.15) is 13.2 Å². The summed E-state index contributed by atoms with van der Waals surface area (Å²) in [6.07, 6.45) is -3.15. The maximum Gasteiger partial charge on any atom is 0.417 e. The first-order valence-corrected chi connectivity index (χ1v) is 10.4. The number of hydrogen-bond donors (Lipinski definition) is 0. The van der Waals surface area contributed by atoms with E-state index in [4.69, 9.17) is 16.0 Å². The molecule has 1 amide bonds. The Balaban J connectivity index is 1.61. The highest BCUT2D eigenvalue weighted by atomic mass is 35.5. The van der Waals surface area contributed by atoms with Crippen molar-refractivity contribution in [3.05, 3.63) is 94.5 Å². The summed E-state index contributed by atoms with van der Waals surface area (Å²) < 4.78 is 47.4. The number of benzene rings is 2. The minimum absolute atomic E-state index is 0.212. The van der Waals surface area contributed by atoms with Crippen LogP contribution < -0.4 is 0 Å². The maximum absolute atomic E-state index is 13.5. The molecule has 2 aromatic heterocycles. The zero-order valence-corrected chi connectivity index (χ0v) is 17.7. The summed E-state index contributed by atoms with van der Waals surface area (Å²) >= 11 is 6.06. The summed E-state index contributed by atoms with van der Waals surface area (Å²) in [6, 6.07) is 15.3. The van der Waals surface area contributed by atoms with Crippen LogP contribution in [0.4, 0.5) is 13.2 Å². The number of furan rings is 1. The molecule has 168 valence electrons. The first-order chi connectivity index (χ1) is 15.9. The van der Waals surface area contributed by atoms with E-state index in [1.54, 1.807) is 12.1 Å². The molecule has 1 unspecified atom stereocenters. The number of halogens is 4. The van der Waals surface area contributed by atoms with E-state index in [0.29, 0.717) is 24.0 Å². The zero-order chi connectivity index (χ0) is 23.2. The van der Waals surface area contributed by atoms with Crippen molar-refractivity contribution >= 4 is 17.5 Å². The van der Waals surface area contributed by atoms with Gasteiger partial charge in [0.25, 0.3) is 5.91 Å². The molecule has 0 radical (unpaired) electrons. The molecule has 0 aliphatic carbocycles. The van der Waals surface area contributed by atoms with Crippen LogP contribution in [-0.4, -0.2) is 32.1 Å². The van der Waals surface area contributed by atoms with Crippen LogP contribution in [0.1, 0.15) is 33.4 Å². The van der Waals surface area contributed by atoms with Crippen molar-refractivity contribution in [2.75, 3.05) is 6.54 Å². The van der Waals surface area contributed by atoms with Crippen LogP contribution in [0.25, 0.3) is 11.6 Å². The fourth-order valence-electron chi connectivity index (χ4n) is 4.06. The first-order valence-electron chi connectivity index (χ1n) is 10.0. The molecule has 1 aliphatic rings. The molecule has 10 heteroatoms. The van der Waals surface area contributed by atoms with Gasteiger partial charge in [-0.15, -0.1) is 10.2 Å². The summed E-state index contributed by atoms with van der Waals surface area (Å²) in [5.41, 5.74) is -0.522. The van der Waals surface area contributed by atoms with Gasteiger partial charge in [0.1, 0.15) is 6.04 Å². The Hall–Kier alpha value is -3.59. The monoisotopic (exact) mass is 472 g/mol. The van der Waals surface area contributed by atoms with Crippen LogP contribution >= 0.6 is 11.6 Å². The van der Waals surface area contributed by atoms with Crippen LogP contribution in [0, 0.1) is 0 Å². The summed E-state index contributed by atoms with van der Waals surface area (Å²) in [7, 11) is 0. The second kappa shape index (κ2) is 8.08. The van der Waals surface area contributed by atoms with Gasteiger partial charge in [-0.3, -0.25) is 4.79 Å². The molecule has 0 N–H and O–H groups in total. The first kappa shape index (κ1) is 21.3. The lowest BCUT2D eigenvalue weighted by molar-refractivity contribution is -0.137. The fourth-order valence-corrected chi connectivity index (χ4v) is 4.37. The smallest absolute Gasteiger partial charge is 0.417 e. The van der Waals surface area contributed by atoms with Gasteiger partial charge < -0.3 is 13.9 Å². The SMILES string of the molecule is O=C(c1cccc(C(F)(F)F)c1Cl)N1CCn2c(-c3ccco3)nnc2C1c1ccccc1. The Bertz CT molecular complexity index is 1300. The zero-order valence-electron chi connectivity index (χ0n) is 17.0. The Morgan fingerprint density at radius 1 is 1.00 bits per heavy atom. The van der Waals surface area contributed by atoms with Crippen molar-refractivity contribution in [1.29, 1.82) is 0 Å². The minimum atomic E-state index is -4.67. The predicted molar refractivity (Wildman–Crippen MR) is 113 cm³/mol. The Labute approximate surface area is 191 Å². The summed E-state index contributed by atoms with van der Waals surface area (Å²) in [4.78, 5) is 15.0. The summed E-state index contributed by atoms with van der Waals surface area (Å²) in [5.74, 6) is 0.908. The molecule has 0 saturated carbocycles. The van der Waals surface area contributed by atoms with Crippen molar-refractivity contribution in [2.24, 2.45) is 0 Å².